The Hall–Kier alpha value is -2.81. The third kappa shape index (κ3) is 3.72. The van der Waals surface area contributed by atoms with Crippen LogP contribution in [0.3, 0.4) is 0 Å². The molecular formula is C16H11ClF3N3O3. The van der Waals surface area contributed by atoms with Gasteiger partial charge in [0.25, 0.3) is 5.91 Å². The van der Waals surface area contributed by atoms with Gasteiger partial charge in [-0.05, 0) is 30.3 Å². The van der Waals surface area contributed by atoms with E-state index in [1.165, 1.54) is 6.20 Å². The average molecular weight is 386 g/mol. The predicted molar refractivity (Wildman–Crippen MR) is 87.2 cm³/mol. The molecule has 1 aromatic carbocycles. The van der Waals surface area contributed by atoms with Gasteiger partial charge < -0.3 is 10.1 Å². The van der Waals surface area contributed by atoms with Crippen molar-refractivity contribution in [1.29, 1.82) is 0 Å². The Morgan fingerprint density at radius 3 is 2.85 bits per heavy atom. The van der Waals surface area contributed by atoms with Crippen LogP contribution in [0.2, 0.25) is 5.02 Å². The summed E-state index contributed by atoms with van der Waals surface area (Å²) in [7, 11) is 0. The van der Waals surface area contributed by atoms with Crippen molar-refractivity contribution in [3.05, 3.63) is 47.1 Å². The predicted octanol–water partition coefficient (Wildman–Crippen LogP) is 3.12. The number of amides is 2. The highest BCUT2D eigenvalue weighted by atomic mass is 35.5. The number of anilines is 2. The van der Waals surface area contributed by atoms with Gasteiger partial charge in [0, 0.05) is 6.20 Å². The highest BCUT2D eigenvalue weighted by Gasteiger charge is 2.32. The zero-order valence-corrected chi connectivity index (χ0v) is 13.8. The van der Waals surface area contributed by atoms with E-state index in [-0.39, 0.29) is 23.1 Å². The minimum absolute atomic E-state index is 0.0572. The zero-order valence-electron chi connectivity index (χ0n) is 13.0. The van der Waals surface area contributed by atoms with Crippen molar-refractivity contribution in [2.75, 3.05) is 23.4 Å². The van der Waals surface area contributed by atoms with Crippen molar-refractivity contribution in [3.8, 4) is 5.75 Å². The van der Waals surface area contributed by atoms with Crippen molar-refractivity contribution in [2.24, 2.45) is 0 Å². The molecule has 0 atom stereocenters. The molecule has 0 saturated carbocycles. The summed E-state index contributed by atoms with van der Waals surface area (Å²) in [6, 6.07) is 5.77. The van der Waals surface area contributed by atoms with Crippen LogP contribution in [0, 0.1) is 0 Å². The summed E-state index contributed by atoms with van der Waals surface area (Å²) in [5.41, 5.74) is -1.15. The Morgan fingerprint density at radius 2 is 2.12 bits per heavy atom. The summed E-state index contributed by atoms with van der Waals surface area (Å²) >= 11 is 5.85. The van der Waals surface area contributed by atoms with Crippen molar-refractivity contribution in [2.45, 2.75) is 6.18 Å². The van der Waals surface area contributed by atoms with E-state index in [0.29, 0.717) is 5.75 Å². The number of alkyl halides is 3. The second kappa shape index (κ2) is 6.83. The average Bonchev–Trinajstić information content (AvgIpc) is 2.58. The van der Waals surface area contributed by atoms with Gasteiger partial charge in [-0.15, -0.1) is 0 Å². The molecule has 2 aromatic rings. The molecule has 1 N–H and O–H groups in total. The quantitative estimate of drug-likeness (QED) is 0.881. The smallest absolute Gasteiger partial charge is 0.416 e. The lowest BCUT2D eigenvalue weighted by Gasteiger charge is -2.27. The molecule has 0 unspecified atom stereocenters. The molecule has 2 heterocycles. The highest BCUT2D eigenvalue weighted by Crippen LogP contribution is 2.34. The second-order valence-corrected chi connectivity index (χ2v) is 5.74. The number of nitrogens with zero attached hydrogens (tertiary/aromatic N) is 2. The van der Waals surface area contributed by atoms with Crippen molar-refractivity contribution >= 4 is 34.9 Å². The first-order chi connectivity index (χ1) is 12.3. The van der Waals surface area contributed by atoms with Gasteiger partial charge in [-0.1, -0.05) is 11.6 Å². The standard InChI is InChI=1S/C16H11ClF3N3O3/c17-10-4-3-9(16(18,19)20)6-11(10)22-13(24)7-23-14(25)8-26-12-2-1-5-21-15(12)23/h1-6H,7-8H2,(H,22,24). The van der Waals surface area contributed by atoms with Crippen LogP contribution in [-0.4, -0.2) is 29.9 Å². The first kappa shape index (κ1) is 18.0. The van der Waals surface area contributed by atoms with Crippen molar-refractivity contribution < 1.29 is 27.5 Å². The third-order valence-corrected chi connectivity index (χ3v) is 3.86. The normalized spacial score (nSPS) is 13.8. The van der Waals surface area contributed by atoms with Gasteiger partial charge in [-0.3, -0.25) is 14.5 Å². The number of nitrogens with one attached hydrogen (secondary N) is 1. The van der Waals surface area contributed by atoms with E-state index in [0.717, 1.165) is 23.1 Å². The molecule has 0 radical (unpaired) electrons. The van der Waals surface area contributed by atoms with E-state index >= 15 is 0 Å². The number of fused-ring (bicyclic) bond motifs is 1. The molecule has 1 aliphatic heterocycles. The lowest BCUT2D eigenvalue weighted by Crippen LogP contribution is -2.44. The molecule has 2 amide bonds. The number of pyridine rings is 1. The van der Waals surface area contributed by atoms with Crippen LogP contribution in [-0.2, 0) is 15.8 Å². The number of carbonyl (C=O) groups excluding carboxylic acids is 2. The van der Waals surface area contributed by atoms with E-state index in [4.69, 9.17) is 16.3 Å². The fourth-order valence-corrected chi connectivity index (χ4v) is 2.49. The van der Waals surface area contributed by atoms with Crippen LogP contribution < -0.4 is 15.0 Å². The summed E-state index contributed by atoms with van der Waals surface area (Å²) < 4.78 is 43.6. The van der Waals surface area contributed by atoms with Gasteiger partial charge in [0.2, 0.25) is 5.91 Å². The maximum atomic E-state index is 12.8. The lowest BCUT2D eigenvalue weighted by atomic mass is 10.2. The second-order valence-electron chi connectivity index (χ2n) is 5.33. The third-order valence-electron chi connectivity index (χ3n) is 3.53. The minimum atomic E-state index is -4.58. The highest BCUT2D eigenvalue weighted by molar-refractivity contribution is 6.33. The van der Waals surface area contributed by atoms with Crippen LogP contribution in [0.15, 0.2) is 36.5 Å². The number of hydrogen-bond acceptors (Lipinski definition) is 4. The first-order valence-electron chi connectivity index (χ1n) is 7.30. The molecule has 0 spiro atoms. The zero-order chi connectivity index (χ0) is 18.9. The van der Waals surface area contributed by atoms with Gasteiger partial charge >= 0.3 is 6.18 Å². The molecule has 1 aliphatic rings. The molecule has 1 aromatic heterocycles. The summed E-state index contributed by atoms with van der Waals surface area (Å²) in [4.78, 5) is 29.3. The van der Waals surface area contributed by atoms with Crippen LogP contribution in [0.25, 0.3) is 0 Å². The van der Waals surface area contributed by atoms with Gasteiger partial charge in [-0.2, -0.15) is 13.2 Å². The van der Waals surface area contributed by atoms with Gasteiger partial charge in [0.15, 0.2) is 18.2 Å². The fraction of sp³-hybridized carbons (Fsp3) is 0.188. The van der Waals surface area contributed by atoms with E-state index in [9.17, 15) is 22.8 Å². The molecule has 26 heavy (non-hydrogen) atoms. The topological polar surface area (TPSA) is 71.5 Å². The minimum Gasteiger partial charge on any atom is -0.480 e. The van der Waals surface area contributed by atoms with Gasteiger partial charge in [-0.25, -0.2) is 4.98 Å². The summed E-state index contributed by atoms with van der Waals surface area (Å²) in [5, 5.41) is 2.23. The van der Waals surface area contributed by atoms with Crippen LogP contribution in [0.4, 0.5) is 24.7 Å². The Morgan fingerprint density at radius 1 is 1.35 bits per heavy atom. The number of hydrogen-bond donors (Lipinski definition) is 1. The Bertz CT molecular complexity index is 873. The number of ether oxygens (including phenoxy) is 1. The number of carbonyl (C=O) groups is 2. The lowest BCUT2D eigenvalue weighted by molar-refractivity contribution is -0.137. The number of aromatic nitrogens is 1. The SMILES string of the molecule is O=C(CN1C(=O)COc2cccnc21)Nc1cc(C(F)(F)F)ccc1Cl. The van der Waals surface area contributed by atoms with Gasteiger partial charge in [0.05, 0.1) is 16.3 Å². The van der Waals surface area contributed by atoms with Crippen LogP contribution in [0.5, 0.6) is 5.75 Å². The maximum absolute atomic E-state index is 12.8. The number of halogens is 4. The molecule has 0 saturated heterocycles. The van der Waals surface area contributed by atoms with E-state index in [1.54, 1.807) is 12.1 Å². The van der Waals surface area contributed by atoms with Crippen LogP contribution in [0.1, 0.15) is 5.56 Å². The first-order valence-corrected chi connectivity index (χ1v) is 7.68. The molecule has 0 bridgehead atoms. The van der Waals surface area contributed by atoms with E-state index in [2.05, 4.69) is 10.3 Å². The summed E-state index contributed by atoms with van der Waals surface area (Å²) in [6.45, 7) is -0.713. The van der Waals surface area contributed by atoms with Crippen molar-refractivity contribution in [1.82, 2.24) is 4.98 Å². The molecule has 3 rings (SSSR count). The maximum Gasteiger partial charge on any atom is 0.416 e. The Balaban J connectivity index is 1.79. The molecule has 10 heteroatoms. The van der Waals surface area contributed by atoms with Crippen LogP contribution >= 0.6 is 11.6 Å². The Kier molecular flexibility index (Phi) is 4.73. The fourth-order valence-electron chi connectivity index (χ4n) is 2.33. The Labute approximate surface area is 150 Å². The number of benzene rings is 1. The molecule has 136 valence electrons. The summed E-state index contributed by atoms with van der Waals surface area (Å²) in [6.07, 6.45) is -3.15. The van der Waals surface area contributed by atoms with Crippen molar-refractivity contribution in [3.63, 3.8) is 0 Å². The van der Waals surface area contributed by atoms with E-state index in [1.807, 2.05) is 0 Å². The van der Waals surface area contributed by atoms with Gasteiger partial charge in [0.1, 0.15) is 6.54 Å². The molecule has 0 fully saturated rings. The molecule has 0 aliphatic carbocycles. The molecule has 6 nitrogen and oxygen atoms in total. The largest absolute Gasteiger partial charge is 0.480 e. The monoisotopic (exact) mass is 385 g/mol. The number of rotatable bonds is 3. The summed E-state index contributed by atoms with van der Waals surface area (Å²) in [5.74, 6) is -0.731. The molecular weight excluding hydrogens is 375 g/mol. The van der Waals surface area contributed by atoms with E-state index < -0.39 is 30.1 Å².